The van der Waals surface area contributed by atoms with Gasteiger partial charge in [-0.3, -0.25) is 4.79 Å². The van der Waals surface area contributed by atoms with Crippen LogP contribution in [0.15, 0.2) is 6.07 Å². The van der Waals surface area contributed by atoms with Crippen LogP contribution < -0.4 is 5.73 Å². The Morgan fingerprint density at radius 3 is 2.77 bits per heavy atom. The average molecular weight is 363 g/mol. The number of aromatic nitrogens is 2. The number of carbonyl (C=O) groups is 1. The van der Waals surface area contributed by atoms with Crippen LogP contribution in [0, 0.1) is 0 Å². The summed E-state index contributed by atoms with van der Waals surface area (Å²) in [6.45, 7) is 7.73. The molecule has 2 aliphatic heterocycles. The fourth-order valence-electron chi connectivity index (χ4n) is 3.60. The smallest absolute Gasteiger partial charge is 0.272 e. The van der Waals surface area contributed by atoms with Gasteiger partial charge in [0.05, 0.1) is 19.8 Å². The lowest BCUT2D eigenvalue weighted by atomic mass is 10.0. The van der Waals surface area contributed by atoms with Crippen molar-refractivity contribution in [3.05, 3.63) is 17.5 Å². The number of aliphatic hydroxyl groups is 1. The van der Waals surface area contributed by atoms with Gasteiger partial charge in [-0.25, -0.2) is 9.97 Å². The molecule has 0 unspecified atom stereocenters. The van der Waals surface area contributed by atoms with E-state index in [1.54, 1.807) is 11.0 Å². The number of hydrogen-bond acceptors (Lipinski definition) is 7. The van der Waals surface area contributed by atoms with Crippen LogP contribution in [-0.4, -0.2) is 82.3 Å². The van der Waals surface area contributed by atoms with E-state index in [1.807, 2.05) is 13.8 Å². The maximum absolute atomic E-state index is 13.0. The van der Waals surface area contributed by atoms with Gasteiger partial charge < -0.3 is 25.4 Å². The van der Waals surface area contributed by atoms with Gasteiger partial charge in [0.15, 0.2) is 0 Å². The summed E-state index contributed by atoms with van der Waals surface area (Å²) in [5, 5.41) is 11.1. The van der Waals surface area contributed by atoms with E-state index < -0.39 is 5.60 Å². The number of hydrogen-bond donors (Lipinski definition) is 2. The first-order chi connectivity index (χ1) is 12.4. The van der Waals surface area contributed by atoms with Crippen molar-refractivity contribution in [2.45, 2.75) is 38.2 Å². The minimum absolute atomic E-state index is 0.0953. The number of ether oxygens (including phenoxy) is 1. The Kier molecular flexibility index (Phi) is 5.74. The summed E-state index contributed by atoms with van der Waals surface area (Å²) in [5.74, 6) is -0.00397. The minimum Gasteiger partial charge on any atom is -0.384 e. The molecule has 0 aromatic carbocycles. The summed E-state index contributed by atoms with van der Waals surface area (Å²) >= 11 is 0. The molecule has 2 fully saturated rings. The molecule has 0 radical (unpaired) electrons. The van der Waals surface area contributed by atoms with Gasteiger partial charge in [0.2, 0.25) is 5.95 Å². The van der Waals surface area contributed by atoms with Gasteiger partial charge in [-0.05, 0) is 37.9 Å². The Bertz CT molecular complexity index is 648. The number of nitrogen functional groups attached to an aromatic ring is 1. The summed E-state index contributed by atoms with van der Waals surface area (Å²) in [4.78, 5) is 25.2. The third-order valence-corrected chi connectivity index (χ3v) is 4.94. The highest BCUT2D eigenvalue weighted by Crippen LogP contribution is 2.20. The largest absolute Gasteiger partial charge is 0.384 e. The number of nitrogens with zero attached hydrogens (tertiary/aromatic N) is 4. The van der Waals surface area contributed by atoms with E-state index in [2.05, 4.69) is 14.9 Å². The molecule has 0 spiro atoms. The molecular formula is C18H29N5O3. The number of nitrogens with two attached hydrogens (primary N) is 1. The first-order valence-electron chi connectivity index (χ1n) is 9.32. The lowest BCUT2D eigenvalue weighted by Gasteiger charge is -2.33. The number of carbonyl (C=O) groups excluding carboxylic acids is 1. The van der Waals surface area contributed by atoms with Gasteiger partial charge in [-0.1, -0.05) is 13.8 Å². The van der Waals surface area contributed by atoms with Gasteiger partial charge in [0, 0.05) is 18.8 Å². The molecule has 3 heterocycles. The van der Waals surface area contributed by atoms with Gasteiger partial charge in [-0.15, -0.1) is 0 Å². The molecule has 0 aliphatic carbocycles. The van der Waals surface area contributed by atoms with Crippen molar-refractivity contribution in [2.75, 3.05) is 51.7 Å². The van der Waals surface area contributed by atoms with Crippen LogP contribution in [0.1, 0.15) is 48.8 Å². The van der Waals surface area contributed by atoms with E-state index in [9.17, 15) is 9.90 Å². The molecule has 8 nitrogen and oxygen atoms in total. The predicted octanol–water partition coefficient (Wildman–Crippen LogP) is 0.482. The molecule has 3 N–H and O–H groups in total. The highest BCUT2D eigenvalue weighted by atomic mass is 16.5. The van der Waals surface area contributed by atoms with E-state index in [0.717, 1.165) is 31.6 Å². The van der Waals surface area contributed by atoms with Crippen molar-refractivity contribution in [2.24, 2.45) is 0 Å². The van der Waals surface area contributed by atoms with E-state index in [0.29, 0.717) is 19.7 Å². The molecule has 3 rings (SSSR count). The second-order valence-electron chi connectivity index (χ2n) is 7.68. The summed E-state index contributed by atoms with van der Waals surface area (Å²) in [5.41, 5.74) is 5.72. The topological polar surface area (TPSA) is 105 Å². The second kappa shape index (κ2) is 7.85. The Hall–Kier alpha value is -1.77. The van der Waals surface area contributed by atoms with Crippen LogP contribution in [-0.2, 0) is 4.74 Å². The third kappa shape index (κ3) is 4.49. The first kappa shape index (κ1) is 19.0. The van der Waals surface area contributed by atoms with Gasteiger partial charge in [-0.2, -0.15) is 0 Å². The Morgan fingerprint density at radius 2 is 2.08 bits per heavy atom. The normalized spacial score (nSPS) is 24.8. The molecule has 1 aromatic heterocycles. The molecule has 144 valence electrons. The van der Waals surface area contributed by atoms with E-state index >= 15 is 0 Å². The monoisotopic (exact) mass is 363 g/mol. The third-order valence-electron chi connectivity index (χ3n) is 4.94. The maximum atomic E-state index is 13.0. The highest BCUT2D eigenvalue weighted by molar-refractivity contribution is 5.92. The molecule has 0 bridgehead atoms. The maximum Gasteiger partial charge on any atom is 0.272 e. The summed E-state index contributed by atoms with van der Waals surface area (Å²) < 4.78 is 5.59. The van der Waals surface area contributed by atoms with E-state index in [4.69, 9.17) is 10.5 Å². The van der Waals surface area contributed by atoms with Crippen LogP contribution in [0.4, 0.5) is 5.95 Å². The molecule has 1 aromatic rings. The quantitative estimate of drug-likeness (QED) is 0.802. The molecule has 0 saturated carbocycles. The predicted molar refractivity (Wildman–Crippen MR) is 97.9 cm³/mol. The van der Waals surface area contributed by atoms with Crippen molar-refractivity contribution < 1.29 is 14.6 Å². The van der Waals surface area contributed by atoms with Crippen LogP contribution in [0.25, 0.3) is 0 Å². The van der Waals surface area contributed by atoms with Crippen molar-refractivity contribution in [3.8, 4) is 0 Å². The van der Waals surface area contributed by atoms with Gasteiger partial charge in [0.1, 0.15) is 11.3 Å². The zero-order valence-electron chi connectivity index (χ0n) is 15.6. The lowest BCUT2D eigenvalue weighted by molar-refractivity contribution is -0.0524. The van der Waals surface area contributed by atoms with Crippen LogP contribution in [0.2, 0.25) is 0 Å². The first-order valence-corrected chi connectivity index (χ1v) is 9.32. The van der Waals surface area contributed by atoms with Crippen LogP contribution in [0.3, 0.4) is 0 Å². The van der Waals surface area contributed by atoms with E-state index in [1.165, 1.54) is 0 Å². The number of anilines is 1. The molecular weight excluding hydrogens is 334 g/mol. The SMILES string of the molecule is CC(C)c1cc(C(=O)N2CCOC[C@@](O)(CN3CCCC3)C2)nc(N)n1. The molecule has 26 heavy (non-hydrogen) atoms. The fourth-order valence-corrected chi connectivity index (χ4v) is 3.60. The zero-order chi connectivity index (χ0) is 18.7. The van der Waals surface area contributed by atoms with Gasteiger partial charge in [0.25, 0.3) is 5.91 Å². The Labute approximate surface area is 154 Å². The van der Waals surface area contributed by atoms with Crippen molar-refractivity contribution in [3.63, 3.8) is 0 Å². The standard InChI is InChI=1S/C18H29N5O3/c1-13(2)14-9-15(21-17(19)20-14)16(24)23-7-8-26-12-18(25,11-23)10-22-5-3-4-6-22/h9,13,25H,3-8,10-12H2,1-2H3,(H2,19,20,21)/t18-/m1/s1. The fraction of sp³-hybridized carbons (Fsp3) is 0.722. The van der Waals surface area contributed by atoms with Crippen molar-refractivity contribution in [1.82, 2.24) is 19.8 Å². The minimum atomic E-state index is -1.07. The molecule has 8 heteroatoms. The van der Waals surface area contributed by atoms with Crippen molar-refractivity contribution >= 4 is 11.9 Å². The van der Waals surface area contributed by atoms with Gasteiger partial charge >= 0.3 is 0 Å². The number of amides is 1. The second-order valence-corrected chi connectivity index (χ2v) is 7.68. The number of rotatable bonds is 4. The summed E-state index contributed by atoms with van der Waals surface area (Å²) in [6, 6.07) is 1.69. The Balaban J connectivity index is 1.77. The number of β-amino-alcohol motifs (C(OH)–C–C–N with tert-alkyl or cyclic N) is 1. The van der Waals surface area contributed by atoms with Crippen LogP contribution in [0.5, 0.6) is 0 Å². The summed E-state index contributed by atoms with van der Waals surface area (Å²) in [7, 11) is 0. The zero-order valence-corrected chi connectivity index (χ0v) is 15.6. The molecule has 2 aliphatic rings. The molecule has 1 amide bonds. The number of likely N-dealkylation sites (tertiary alicyclic amines) is 1. The molecule has 1 atom stereocenters. The van der Waals surface area contributed by atoms with E-state index in [-0.39, 0.29) is 36.6 Å². The molecule has 2 saturated heterocycles. The van der Waals surface area contributed by atoms with Crippen molar-refractivity contribution in [1.29, 1.82) is 0 Å². The van der Waals surface area contributed by atoms with Crippen LogP contribution >= 0.6 is 0 Å². The average Bonchev–Trinajstić information content (AvgIpc) is 3.01. The summed E-state index contributed by atoms with van der Waals surface area (Å²) in [6.07, 6.45) is 2.30. The Morgan fingerprint density at radius 1 is 1.35 bits per heavy atom. The highest BCUT2D eigenvalue weighted by Gasteiger charge is 2.37. The lowest BCUT2D eigenvalue weighted by Crippen LogP contribution is -2.53.